The third kappa shape index (κ3) is 6.43. The zero-order valence-corrected chi connectivity index (χ0v) is 20.4. The molecule has 2 aliphatic heterocycles. The Morgan fingerprint density at radius 2 is 0.842 bits per heavy atom. The van der Waals surface area contributed by atoms with Crippen LogP contribution in [0.5, 0.6) is 11.5 Å². The van der Waals surface area contributed by atoms with Crippen LogP contribution < -0.4 is 9.47 Å². The van der Waals surface area contributed by atoms with Crippen LogP contribution in [0.3, 0.4) is 0 Å². The molecule has 4 rings (SSSR count). The molecular formula is C26H34O12. The van der Waals surface area contributed by atoms with Crippen molar-refractivity contribution in [3.05, 3.63) is 59.7 Å². The van der Waals surface area contributed by atoms with Crippen LogP contribution >= 0.6 is 0 Å². The molecule has 2 aromatic carbocycles. The summed E-state index contributed by atoms with van der Waals surface area (Å²) in [5, 5.41) is 78.3. The molecule has 0 amide bonds. The predicted molar refractivity (Wildman–Crippen MR) is 129 cm³/mol. The normalized spacial score (nSPS) is 35.6. The summed E-state index contributed by atoms with van der Waals surface area (Å²) in [6, 6.07) is 14.1. The Bertz CT molecular complexity index is 917. The van der Waals surface area contributed by atoms with Gasteiger partial charge in [-0.3, -0.25) is 0 Å². The number of rotatable bonds is 9. The fourth-order valence-corrected chi connectivity index (χ4v) is 4.36. The number of benzene rings is 2. The molecule has 0 spiro atoms. The first-order valence-electron chi connectivity index (χ1n) is 12.3. The zero-order valence-electron chi connectivity index (χ0n) is 20.4. The molecule has 0 saturated carbocycles. The molecule has 0 radical (unpaired) electrons. The van der Waals surface area contributed by atoms with Crippen molar-refractivity contribution in [1.29, 1.82) is 0 Å². The number of ether oxygens (including phenoxy) is 4. The van der Waals surface area contributed by atoms with Crippen molar-refractivity contribution in [2.24, 2.45) is 0 Å². The zero-order chi connectivity index (χ0) is 27.4. The molecule has 210 valence electrons. The van der Waals surface area contributed by atoms with Crippen LogP contribution in [0, 0.1) is 0 Å². The van der Waals surface area contributed by atoms with E-state index in [9.17, 15) is 40.9 Å². The molecule has 38 heavy (non-hydrogen) atoms. The van der Waals surface area contributed by atoms with Gasteiger partial charge >= 0.3 is 0 Å². The summed E-state index contributed by atoms with van der Waals surface area (Å²) in [7, 11) is 0. The highest BCUT2D eigenvalue weighted by molar-refractivity contribution is 5.30. The van der Waals surface area contributed by atoms with Crippen LogP contribution in [0.2, 0.25) is 0 Å². The number of aryl methyl sites for hydroxylation is 2. The van der Waals surface area contributed by atoms with Gasteiger partial charge in [0.25, 0.3) is 0 Å². The van der Waals surface area contributed by atoms with E-state index >= 15 is 0 Å². The third-order valence-electron chi connectivity index (χ3n) is 6.75. The number of hydrogen-bond acceptors (Lipinski definition) is 12. The van der Waals surface area contributed by atoms with Crippen LogP contribution in [0.25, 0.3) is 0 Å². The van der Waals surface area contributed by atoms with Gasteiger partial charge in [-0.05, 0) is 48.2 Å². The van der Waals surface area contributed by atoms with Crippen LogP contribution in [0.4, 0.5) is 0 Å². The summed E-state index contributed by atoms with van der Waals surface area (Å²) in [5.41, 5.74) is 2.01. The van der Waals surface area contributed by atoms with Crippen molar-refractivity contribution >= 4 is 0 Å². The van der Waals surface area contributed by atoms with Crippen LogP contribution in [0.15, 0.2) is 48.5 Å². The van der Waals surface area contributed by atoms with Gasteiger partial charge in [-0.15, -0.1) is 0 Å². The molecular weight excluding hydrogens is 504 g/mol. The minimum Gasteiger partial charge on any atom is -0.462 e. The molecule has 0 aliphatic carbocycles. The molecule has 2 aliphatic rings. The smallest absolute Gasteiger partial charge is 0.229 e. The standard InChI is InChI=1S/C26H34O12/c27-11-17-19(29)21(31)23(33)25(37-17)35-15-7-3-13(4-8-15)1-2-14-5-9-16(10-6-14)36-26-24(34)22(32)20(30)18(12-28)38-26/h3-10,17-34H,1-2,11-12H2/t17-,18-,19-,20-,21+,22+,23-,24-,25-,26-/m1/s1. The van der Waals surface area contributed by atoms with Crippen molar-refractivity contribution in [2.45, 2.75) is 74.3 Å². The first-order valence-corrected chi connectivity index (χ1v) is 12.3. The van der Waals surface area contributed by atoms with Gasteiger partial charge in [0.1, 0.15) is 60.3 Å². The fourth-order valence-electron chi connectivity index (χ4n) is 4.36. The Morgan fingerprint density at radius 1 is 0.500 bits per heavy atom. The van der Waals surface area contributed by atoms with Crippen molar-refractivity contribution in [3.8, 4) is 11.5 Å². The molecule has 10 atom stereocenters. The summed E-state index contributed by atoms with van der Waals surface area (Å²) in [5.74, 6) is 0.764. The second-order valence-electron chi connectivity index (χ2n) is 9.42. The van der Waals surface area contributed by atoms with E-state index in [0.717, 1.165) is 11.1 Å². The van der Waals surface area contributed by atoms with Crippen molar-refractivity contribution in [1.82, 2.24) is 0 Å². The van der Waals surface area contributed by atoms with E-state index in [4.69, 9.17) is 18.9 Å². The summed E-state index contributed by atoms with van der Waals surface area (Å²) in [6.07, 6.45) is -12.1. The first kappa shape index (κ1) is 28.6. The summed E-state index contributed by atoms with van der Waals surface area (Å²) in [6.45, 7) is -1.07. The van der Waals surface area contributed by atoms with E-state index in [1.54, 1.807) is 24.3 Å². The molecule has 12 nitrogen and oxygen atoms in total. The maximum absolute atomic E-state index is 10.1. The highest BCUT2D eigenvalue weighted by Crippen LogP contribution is 2.26. The predicted octanol–water partition coefficient (Wildman–Crippen LogP) is -2.17. The van der Waals surface area contributed by atoms with Gasteiger partial charge in [0, 0.05) is 0 Å². The molecule has 0 bridgehead atoms. The molecule has 0 unspecified atom stereocenters. The number of aliphatic hydroxyl groups excluding tert-OH is 8. The van der Waals surface area contributed by atoms with E-state index in [2.05, 4.69) is 0 Å². The van der Waals surface area contributed by atoms with E-state index < -0.39 is 74.6 Å². The maximum atomic E-state index is 10.1. The lowest BCUT2D eigenvalue weighted by Crippen LogP contribution is -2.60. The van der Waals surface area contributed by atoms with Gasteiger partial charge < -0.3 is 59.8 Å². The van der Waals surface area contributed by atoms with Gasteiger partial charge in [0.2, 0.25) is 12.6 Å². The Kier molecular flexibility index (Phi) is 9.54. The molecule has 2 heterocycles. The van der Waals surface area contributed by atoms with Crippen LogP contribution in [-0.2, 0) is 22.3 Å². The van der Waals surface area contributed by atoms with Crippen molar-refractivity contribution in [2.75, 3.05) is 13.2 Å². The number of aliphatic hydroxyl groups is 8. The topological polar surface area (TPSA) is 199 Å². The Morgan fingerprint density at radius 3 is 1.16 bits per heavy atom. The highest BCUT2D eigenvalue weighted by Gasteiger charge is 2.45. The van der Waals surface area contributed by atoms with Crippen LogP contribution in [-0.4, -0.2) is 115 Å². The average molecular weight is 539 g/mol. The minimum atomic E-state index is -1.51. The lowest BCUT2D eigenvalue weighted by atomic mass is 9.99. The molecule has 2 fully saturated rings. The van der Waals surface area contributed by atoms with Gasteiger partial charge in [0.05, 0.1) is 13.2 Å². The van der Waals surface area contributed by atoms with E-state index in [1.807, 2.05) is 24.3 Å². The minimum absolute atomic E-state index is 0.382. The summed E-state index contributed by atoms with van der Waals surface area (Å²) < 4.78 is 21.9. The maximum Gasteiger partial charge on any atom is 0.229 e. The third-order valence-corrected chi connectivity index (χ3v) is 6.75. The lowest BCUT2D eigenvalue weighted by molar-refractivity contribution is -0.277. The Balaban J connectivity index is 1.28. The quantitative estimate of drug-likeness (QED) is 0.172. The average Bonchev–Trinajstić information content (AvgIpc) is 2.94. The van der Waals surface area contributed by atoms with Gasteiger partial charge in [-0.2, -0.15) is 0 Å². The van der Waals surface area contributed by atoms with E-state index in [-0.39, 0.29) is 0 Å². The van der Waals surface area contributed by atoms with Crippen molar-refractivity contribution < 1.29 is 59.8 Å². The molecule has 12 heteroatoms. The fraction of sp³-hybridized carbons (Fsp3) is 0.538. The highest BCUT2D eigenvalue weighted by atomic mass is 16.7. The van der Waals surface area contributed by atoms with Crippen molar-refractivity contribution in [3.63, 3.8) is 0 Å². The molecule has 8 N–H and O–H groups in total. The second kappa shape index (κ2) is 12.7. The first-order chi connectivity index (χ1) is 18.2. The molecule has 0 aromatic heterocycles. The molecule has 2 saturated heterocycles. The van der Waals surface area contributed by atoms with E-state index in [1.165, 1.54) is 0 Å². The van der Waals surface area contributed by atoms with Gasteiger partial charge in [0.15, 0.2) is 0 Å². The Hall–Kier alpha value is -2.36. The summed E-state index contributed by atoms with van der Waals surface area (Å²) in [4.78, 5) is 0. The van der Waals surface area contributed by atoms with Gasteiger partial charge in [-0.1, -0.05) is 24.3 Å². The Labute approximate surface area is 218 Å². The summed E-state index contributed by atoms with van der Waals surface area (Å²) >= 11 is 0. The lowest BCUT2D eigenvalue weighted by Gasteiger charge is -2.39. The number of hydrogen-bond donors (Lipinski definition) is 8. The SMILES string of the molecule is OC[C@H]1O[C@@H](Oc2ccc(CCc3ccc(O[C@@H]4O[C@H](CO)[C@@H](O)[C@H](O)[C@H]4O)cc3)cc2)[C@H](O)[C@@H](O)[C@@H]1O. The van der Waals surface area contributed by atoms with Gasteiger partial charge in [-0.25, -0.2) is 0 Å². The largest absolute Gasteiger partial charge is 0.462 e. The van der Waals surface area contributed by atoms with E-state index in [0.29, 0.717) is 24.3 Å². The monoisotopic (exact) mass is 538 g/mol. The van der Waals surface area contributed by atoms with Crippen LogP contribution in [0.1, 0.15) is 11.1 Å². The second-order valence-corrected chi connectivity index (χ2v) is 9.42. The molecule has 2 aromatic rings.